The van der Waals surface area contributed by atoms with Crippen molar-refractivity contribution in [1.29, 1.82) is 0 Å². The zero-order valence-electron chi connectivity index (χ0n) is 19.2. The first-order chi connectivity index (χ1) is 16.1. The van der Waals surface area contributed by atoms with E-state index in [1.165, 1.54) is 5.56 Å². The Morgan fingerprint density at radius 1 is 0.909 bits per heavy atom. The molecule has 170 valence electrons. The highest BCUT2D eigenvalue weighted by atomic mass is 16.4. The van der Waals surface area contributed by atoms with E-state index < -0.39 is 0 Å². The van der Waals surface area contributed by atoms with Gasteiger partial charge in [-0.15, -0.1) is 0 Å². The van der Waals surface area contributed by atoms with Crippen molar-refractivity contribution in [3.63, 3.8) is 0 Å². The van der Waals surface area contributed by atoms with Crippen molar-refractivity contribution >= 4 is 11.0 Å². The largest absolute Gasteiger partial charge is 0.441 e. The fraction of sp³-hybridized carbons (Fsp3) is 0.333. The smallest absolute Gasteiger partial charge is 0.336 e. The number of aryl methyl sites for hydroxylation is 2. The molecule has 3 heterocycles. The van der Waals surface area contributed by atoms with E-state index in [0.717, 1.165) is 73.7 Å². The molecule has 0 aliphatic carbocycles. The molecule has 0 atom stereocenters. The maximum atomic E-state index is 12.1. The molecule has 1 aliphatic rings. The highest BCUT2D eigenvalue weighted by Crippen LogP contribution is 2.24. The van der Waals surface area contributed by atoms with Crippen molar-refractivity contribution in [2.45, 2.75) is 33.4 Å². The minimum Gasteiger partial charge on any atom is -0.441 e. The first-order valence-electron chi connectivity index (χ1n) is 11.6. The lowest BCUT2D eigenvalue weighted by molar-refractivity contribution is 0.121. The Labute approximate surface area is 193 Å². The second kappa shape index (κ2) is 9.33. The topological polar surface area (TPSA) is 62.7 Å². The van der Waals surface area contributed by atoms with E-state index in [2.05, 4.69) is 22.8 Å². The van der Waals surface area contributed by atoms with Crippen molar-refractivity contribution in [2.24, 2.45) is 0 Å². The monoisotopic (exact) mass is 443 g/mol. The summed E-state index contributed by atoms with van der Waals surface area (Å²) in [6.45, 7) is 9.45. The number of piperazine rings is 1. The molecule has 2 aromatic carbocycles. The molecule has 33 heavy (non-hydrogen) atoms. The van der Waals surface area contributed by atoms with Gasteiger partial charge in [0.25, 0.3) is 0 Å². The maximum absolute atomic E-state index is 12.1. The Morgan fingerprint density at radius 3 is 2.36 bits per heavy atom. The van der Waals surface area contributed by atoms with Crippen molar-refractivity contribution in [1.82, 2.24) is 14.8 Å². The number of rotatable bonds is 6. The first kappa shape index (κ1) is 21.6. The van der Waals surface area contributed by atoms with Gasteiger partial charge in [-0.25, -0.2) is 9.78 Å². The Kier molecular flexibility index (Phi) is 6.11. The minimum atomic E-state index is -0.281. The van der Waals surface area contributed by atoms with E-state index in [-0.39, 0.29) is 5.63 Å². The van der Waals surface area contributed by atoms with Crippen molar-refractivity contribution in [3.05, 3.63) is 87.6 Å². The van der Waals surface area contributed by atoms with Crippen LogP contribution in [0.2, 0.25) is 0 Å². The molecule has 0 amide bonds. The first-order valence-corrected chi connectivity index (χ1v) is 11.6. The average molecular weight is 444 g/mol. The van der Waals surface area contributed by atoms with Gasteiger partial charge in [-0.3, -0.25) is 9.80 Å². The van der Waals surface area contributed by atoms with Gasteiger partial charge in [-0.1, -0.05) is 31.2 Å². The summed E-state index contributed by atoms with van der Waals surface area (Å²) < 4.78 is 11.3. The second-order valence-electron chi connectivity index (χ2n) is 8.71. The molecule has 2 aromatic heterocycles. The van der Waals surface area contributed by atoms with E-state index in [9.17, 15) is 4.79 Å². The van der Waals surface area contributed by atoms with E-state index >= 15 is 0 Å². The molecule has 1 fully saturated rings. The molecule has 5 rings (SSSR count). The molecule has 0 radical (unpaired) electrons. The SMILES string of the molecule is CCc1ccc2oc(=O)cc(CN3CCN(Cc4nc(-c5ccccc5)oc4C)CC3)c2c1. The average Bonchev–Trinajstić information content (AvgIpc) is 3.20. The van der Waals surface area contributed by atoms with E-state index in [1.54, 1.807) is 6.07 Å². The van der Waals surface area contributed by atoms with Gasteiger partial charge in [-0.05, 0) is 48.7 Å². The van der Waals surface area contributed by atoms with Crippen LogP contribution in [0.25, 0.3) is 22.4 Å². The number of benzene rings is 2. The molecule has 1 aliphatic heterocycles. The molecule has 1 saturated heterocycles. The van der Waals surface area contributed by atoms with E-state index in [1.807, 2.05) is 49.4 Å². The summed E-state index contributed by atoms with van der Waals surface area (Å²) in [6, 6.07) is 17.8. The van der Waals surface area contributed by atoms with Crippen LogP contribution in [0, 0.1) is 6.92 Å². The molecular weight excluding hydrogens is 414 g/mol. The van der Waals surface area contributed by atoms with Gasteiger partial charge in [-0.2, -0.15) is 0 Å². The van der Waals surface area contributed by atoms with Crippen molar-refractivity contribution in [3.8, 4) is 11.5 Å². The van der Waals surface area contributed by atoms with Gasteiger partial charge in [0.1, 0.15) is 11.3 Å². The minimum absolute atomic E-state index is 0.281. The van der Waals surface area contributed by atoms with Crippen LogP contribution in [0.3, 0.4) is 0 Å². The van der Waals surface area contributed by atoms with Gasteiger partial charge in [0.15, 0.2) is 0 Å². The molecule has 6 nitrogen and oxygen atoms in total. The lowest BCUT2D eigenvalue weighted by atomic mass is 10.0. The summed E-state index contributed by atoms with van der Waals surface area (Å²) in [4.78, 5) is 21.7. The van der Waals surface area contributed by atoms with Crippen LogP contribution in [0.4, 0.5) is 0 Å². The molecule has 6 heteroatoms. The zero-order valence-corrected chi connectivity index (χ0v) is 19.2. The second-order valence-corrected chi connectivity index (χ2v) is 8.71. The molecule has 4 aromatic rings. The summed E-state index contributed by atoms with van der Waals surface area (Å²) in [5.74, 6) is 1.56. The van der Waals surface area contributed by atoms with Gasteiger partial charge in [0, 0.05) is 56.3 Å². The van der Waals surface area contributed by atoms with Crippen LogP contribution in [0.1, 0.15) is 29.5 Å². The third-order valence-electron chi connectivity index (χ3n) is 6.45. The number of nitrogens with zero attached hydrogens (tertiary/aromatic N) is 3. The van der Waals surface area contributed by atoms with Gasteiger partial charge < -0.3 is 8.83 Å². The van der Waals surface area contributed by atoms with Crippen molar-refractivity contribution < 1.29 is 8.83 Å². The van der Waals surface area contributed by atoms with Crippen LogP contribution >= 0.6 is 0 Å². The number of aromatic nitrogens is 1. The standard InChI is InChI=1S/C27H29N3O3/c1-3-20-9-10-25-23(15-20)22(16-26(31)33-25)17-29-11-13-30(14-12-29)18-24-19(2)32-27(28-24)21-7-5-4-6-8-21/h4-10,15-16H,3,11-14,17-18H2,1-2H3. The van der Waals surface area contributed by atoms with Crippen LogP contribution < -0.4 is 5.63 Å². The van der Waals surface area contributed by atoms with Crippen molar-refractivity contribution in [2.75, 3.05) is 26.2 Å². The molecule has 0 unspecified atom stereocenters. The molecule has 0 N–H and O–H groups in total. The summed E-state index contributed by atoms with van der Waals surface area (Å²) >= 11 is 0. The highest BCUT2D eigenvalue weighted by molar-refractivity contribution is 5.80. The fourth-order valence-corrected chi connectivity index (χ4v) is 4.46. The Hall–Kier alpha value is -3.22. The summed E-state index contributed by atoms with van der Waals surface area (Å²) in [5, 5.41) is 1.04. The van der Waals surface area contributed by atoms with E-state index in [0.29, 0.717) is 11.5 Å². The number of hydrogen-bond acceptors (Lipinski definition) is 6. The maximum Gasteiger partial charge on any atom is 0.336 e. The number of oxazole rings is 1. The lowest BCUT2D eigenvalue weighted by Crippen LogP contribution is -2.45. The van der Waals surface area contributed by atoms with Gasteiger partial charge in [0.05, 0.1) is 5.69 Å². The molecule has 0 saturated carbocycles. The Balaban J connectivity index is 1.24. The Morgan fingerprint density at radius 2 is 1.64 bits per heavy atom. The summed E-state index contributed by atoms with van der Waals surface area (Å²) in [7, 11) is 0. The molecular formula is C27H29N3O3. The quantitative estimate of drug-likeness (QED) is 0.405. The van der Waals surface area contributed by atoms with Crippen LogP contribution in [-0.2, 0) is 19.5 Å². The highest BCUT2D eigenvalue weighted by Gasteiger charge is 2.21. The normalized spacial score (nSPS) is 15.3. The third-order valence-corrected chi connectivity index (χ3v) is 6.45. The summed E-state index contributed by atoms with van der Waals surface area (Å²) in [5.41, 5.74) is 4.69. The number of hydrogen-bond donors (Lipinski definition) is 0. The Bertz CT molecular complexity index is 1300. The fourth-order valence-electron chi connectivity index (χ4n) is 4.46. The van der Waals surface area contributed by atoms with Crippen LogP contribution in [0.15, 0.2) is 68.2 Å². The summed E-state index contributed by atoms with van der Waals surface area (Å²) in [6.07, 6.45) is 0.959. The van der Waals surface area contributed by atoms with Crippen LogP contribution in [0.5, 0.6) is 0 Å². The predicted octanol–water partition coefficient (Wildman–Crippen LogP) is 4.64. The van der Waals surface area contributed by atoms with Gasteiger partial charge in [0.2, 0.25) is 5.89 Å². The molecule has 0 spiro atoms. The lowest BCUT2D eigenvalue weighted by Gasteiger charge is -2.34. The zero-order chi connectivity index (χ0) is 22.8. The van der Waals surface area contributed by atoms with Crippen LogP contribution in [-0.4, -0.2) is 41.0 Å². The van der Waals surface area contributed by atoms with E-state index in [4.69, 9.17) is 13.8 Å². The predicted molar refractivity (Wildman–Crippen MR) is 129 cm³/mol. The number of fused-ring (bicyclic) bond motifs is 1. The third kappa shape index (κ3) is 4.77. The molecule has 0 bridgehead atoms. The van der Waals surface area contributed by atoms with Gasteiger partial charge >= 0.3 is 5.63 Å².